The Hall–Kier alpha value is -1.84. The van der Waals surface area contributed by atoms with Gasteiger partial charge in [-0.1, -0.05) is 48.0 Å². The Kier molecular flexibility index (Phi) is 5.54. The van der Waals surface area contributed by atoms with Crippen molar-refractivity contribution in [3.05, 3.63) is 64.7 Å². The fourth-order valence-corrected chi connectivity index (χ4v) is 3.43. The molecule has 2 aromatic rings. The number of halogens is 1. The van der Waals surface area contributed by atoms with Crippen LogP contribution in [0.2, 0.25) is 5.02 Å². The zero-order valence-electron chi connectivity index (χ0n) is 14.0. The van der Waals surface area contributed by atoms with Crippen molar-refractivity contribution in [1.82, 2.24) is 4.90 Å². The fourth-order valence-electron chi connectivity index (χ4n) is 3.26. The number of nitrogens with one attached hydrogen (secondary N) is 1. The van der Waals surface area contributed by atoms with Crippen molar-refractivity contribution < 1.29 is 4.79 Å². The largest absolute Gasteiger partial charge is 0.326 e. The van der Waals surface area contributed by atoms with Gasteiger partial charge in [-0.3, -0.25) is 9.69 Å². The van der Waals surface area contributed by atoms with Gasteiger partial charge in [0.05, 0.1) is 0 Å². The monoisotopic (exact) mass is 342 g/mol. The number of benzene rings is 2. The first-order valence-electron chi connectivity index (χ1n) is 8.42. The van der Waals surface area contributed by atoms with Gasteiger partial charge in [-0.15, -0.1) is 0 Å². The molecule has 0 unspecified atom stereocenters. The topological polar surface area (TPSA) is 32.3 Å². The molecule has 0 radical (unpaired) electrons. The Morgan fingerprint density at radius 2 is 2.04 bits per heavy atom. The van der Waals surface area contributed by atoms with Crippen LogP contribution in [0.15, 0.2) is 48.5 Å². The lowest BCUT2D eigenvalue weighted by molar-refractivity contribution is -0.117. The van der Waals surface area contributed by atoms with E-state index in [-0.39, 0.29) is 5.91 Å². The molecular weight excluding hydrogens is 320 g/mol. The number of carbonyl (C=O) groups is 1. The average molecular weight is 343 g/mol. The van der Waals surface area contributed by atoms with Gasteiger partial charge in [0.25, 0.3) is 0 Å². The summed E-state index contributed by atoms with van der Waals surface area (Å²) >= 11 is 6.01. The first-order valence-corrected chi connectivity index (χ1v) is 8.80. The number of nitrogens with zero attached hydrogens (tertiary/aromatic N) is 1. The summed E-state index contributed by atoms with van der Waals surface area (Å²) in [6, 6.07) is 16.1. The van der Waals surface area contributed by atoms with Gasteiger partial charge in [0.1, 0.15) is 0 Å². The molecule has 1 fully saturated rings. The van der Waals surface area contributed by atoms with E-state index >= 15 is 0 Å². The molecule has 1 N–H and O–H groups in total. The number of carbonyl (C=O) groups excluding carboxylic acids is 1. The van der Waals surface area contributed by atoms with E-state index in [2.05, 4.69) is 34.5 Å². The molecule has 3 nitrogen and oxygen atoms in total. The van der Waals surface area contributed by atoms with Gasteiger partial charge < -0.3 is 5.32 Å². The van der Waals surface area contributed by atoms with Crippen LogP contribution < -0.4 is 5.32 Å². The number of hydrogen-bond donors (Lipinski definition) is 1. The SMILES string of the molecule is Cc1ccc(Cl)cc1NC(=O)C[C@H]1CCN(Cc2ccccc2)C1. The second-order valence-electron chi connectivity index (χ2n) is 6.59. The van der Waals surface area contributed by atoms with Crippen LogP contribution in [0.25, 0.3) is 0 Å². The Balaban J connectivity index is 1.50. The van der Waals surface area contributed by atoms with Crippen molar-refractivity contribution in [2.75, 3.05) is 18.4 Å². The smallest absolute Gasteiger partial charge is 0.224 e. The molecule has 2 aromatic carbocycles. The van der Waals surface area contributed by atoms with Crippen LogP contribution in [0.5, 0.6) is 0 Å². The highest BCUT2D eigenvalue weighted by Gasteiger charge is 2.24. The van der Waals surface area contributed by atoms with Crippen LogP contribution in [-0.4, -0.2) is 23.9 Å². The summed E-state index contributed by atoms with van der Waals surface area (Å²) in [5, 5.41) is 3.64. The minimum atomic E-state index is 0.0759. The summed E-state index contributed by atoms with van der Waals surface area (Å²) in [4.78, 5) is 14.8. The van der Waals surface area contributed by atoms with Crippen LogP contribution in [0.1, 0.15) is 24.0 Å². The van der Waals surface area contributed by atoms with Gasteiger partial charge in [0.15, 0.2) is 0 Å². The molecule has 3 rings (SSSR count). The molecule has 0 spiro atoms. The lowest BCUT2D eigenvalue weighted by Gasteiger charge is -2.16. The summed E-state index contributed by atoms with van der Waals surface area (Å²) in [7, 11) is 0. The Bertz CT molecular complexity index is 702. The fraction of sp³-hybridized carbons (Fsp3) is 0.350. The summed E-state index contributed by atoms with van der Waals surface area (Å²) in [5.41, 5.74) is 3.17. The minimum absolute atomic E-state index is 0.0759. The number of amides is 1. The molecule has 1 aliphatic rings. The molecule has 1 amide bonds. The van der Waals surface area contributed by atoms with Crippen LogP contribution >= 0.6 is 11.6 Å². The van der Waals surface area contributed by atoms with E-state index in [1.54, 1.807) is 0 Å². The van der Waals surface area contributed by atoms with Crippen molar-refractivity contribution in [2.45, 2.75) is 26.3 Å². The summed E-state index contributed by atoms with van der Waals surface area (Å²) in [6.45, 7) is 4.98. The summed E-state index contributed by atoms with van der Waals surface area (Å²) < 4.78 is 0. The van der Waals surface area contributed by atoms with E-state index in [1.165, 1.54) is 5.56 Å². The molecule has 24 heavy (non-hydrogen) atoms. The summed E-state index contributed by atoms with van der Waals surface area (Å²) in [5.74, 6) is 0.500. The third kappa shape index (κ3) is 4.59. The second-order valence-corrected chi connectivity index (χ2v) is 7.02. The first-order chi connectivity index (χ1) is 11.6. The zero-order valence-corrected chi connectivity index (χ0v) is 14.7. The Labute approximate surface area is 148 Å². The second kappa shape index (κ2) is 7.82. The predicted octanol–water partition coefficient (Wildman–Crippen LogP) is 4.50. The molecular formula is C20H23ClN2O. The zero-order chi connectivity index (χ0) is 16.9. The Morgan fingerprint density at radius 3 is 2.83 bits per heavy atom. The van der Waals surface area contributed by atoms with Gasteiger partial charge in [-0.25, -0.2) is 0 Å². The normalized spacial score (nSPS) is 17.8. The van der Waals surface area contributed by atoms with Gasteiger partial charge >= 0.3 is 0 Å². The third-order valence-electron chi connectivity index (χ3n) is 4.57. The van der Waals surface area contributed by atoms with E-state index in [4.69, 9.17) is 11.6 Å². The standard InChI is InChI=1S/C20H23ClN2O/c1-15-7-8-18(21)12-19(15)22-20(24)11-17-9-10-23(14-17)13-16-5-3-2-4-6-16/h2-8,12,17H,9-11,13-14H2,1H3,(H,22,24)/t17-/m1/s1. The lowest BCUT2D eigenvalue weighted by atomic mass is 10.0. The highest BCUT2D eigenvalue weighted by molar-refractivity contribution is 6.31. The number of aryl methyl sites for hydroxylation is 1. The van der Waals surface area contributed by atoms with Crippen molar-refractivity contribution in [3.8, 4) is 0 Å². The molecule has 0 aliphatic carbocycles. The predicted molar refractivity (Wildman–Crippen MR) is 99.3 cm³/mol. The van der Waals surface area contributed by atoms with Gasteiger partial charge in [-0.2, -0.15) is 0 Å². The highest BCUT2D eigenvalue weighted by Crippen LogP contribution is 2.24. The molecule has 1 atom stereocenters. The highest BCUT2D eigenvalue weighted by atomic mass is 35.5. The Morgan fingerprint density at radius 1 is 1.25 bits per heavy atom. The summed E-state index contributed by atoms with van der Waals surface area (Å²) in [6.07, 6.45) is 1.64. The van der Waals surface area contributed by atoms with E-state index in [1.807, 2.05) is 31.2 Å². The van der Waals surface area contributed by atoms with Gasteiger partial charge in [-0.05, 0) is 49.1 Å². The van der Waals surface area contributed by atoms with Gasteiger partial charge in [0.2, 0.25) is 5.91 Å². The first kappa shape index (κ1) is 17.0. The third-order valence-corrected chi connectivity index (χ3v) is 4.80. The minimum Gasteiger partial charge on any atom is -0.326 e. The maximum atomic E-state index is 12.3. The molecule has 1 saturated heterocycles. The van der Waals surface area contributed by atoms with E-state index in [9.17, 15) is 4.79 Å². The number of likely N-dealkylation sites (tertiary alicyclic amines) is 1. The molecule has 126 valence electrons. The lowest BCUT2D eigenvalue weighted by Crippen LogP contribution is -2.22. The van der Waals surface area contributed by atoms with E-state index in [0.717, 1.165) is 37.3 Å². The molecule has 0 bridgehead atoms. The number of anilines is 1. The maximum Gasteiger partial charge on any atom is 0.224 e. The van der Waals surface area contributed by atoms with Crippen molar-refractivity contribution in [2.24, 2.45) is 5.92 Å². The van der Waals surface area contributed by atoms with E-state index < -0.39 is 0 Å². The van der Waals surface area contributed by atoms with Crippen molar-refractivity contribution in [1.29, 1.82) is 0 Å². The average Bonchev–Trinajstić information content (AvgIpc) is 2.98. The van der Waals surface area contributed by atoms with Gasteiger partial charge in [0, 0.05) is 30.2 Å². The molecule has 0 saturated carbocycles. The van der Waals surface area contributed by atoms with Crippen LogP contribution in [0.4, 0.5) is 5.69 Å². The van der Waals surface area contributed by atoms with Crippen molar-refractivity contribution in [3.63, 3.8) is 0 Å². The maximum absolute atomic E-state index is 12.3. The number of hydrogen-bond acceptors (Lipinski definition) is 2. The van der Waals surface area contributed by atoms with Crippen LogP contribution in [0, 0.1) is 12.8 Å². The van der Waals surface area contributed by atoms with Crippen LogP contribution in [0.3, 0.4) is 0 Å². The molecule has 4 heteroatoms. The van der Waals surface area contributed by atoms with Crippen molar-refractivity contribution >= 4 is 23.2 Å². The molecule has 1 heterocycles. The molecule has 1 aliphatic heterocycles. The van der Waals surface area contributed by atoms with Crippen LogP contribution in [-0.2, 0) is 11.3 Å². The number of rotatable bonds is 5. The quantitative estimate of drug-likeness (QED) is 0.867. The molecule has 0 aromatic heterocycles. The van der Waals surface area contributed by atoms with E-state index in [0.29, 0.717) is 17.4 Å².